The molecule has 0 aliphatic heterocycles. The van der Waals surface area contributed by atoms with Gasteiger partial charge in [-0.3, -0.25) is 0 Å². The third-order valence-corrected chi connectivity index (χ3v) is 3.89. The highest BCUT2D eigenvalue weighted by Gasteiger charge is 2.13. The van der Waals surface area contributed by atoms with Crippen LogP contribution >= 0.6 is 0 Å². The van der Waals surface area contributed by atoms with Crippen LogP contribution in [-0.4, -0.2) is 29.7 Å². The molecule has 0 saturated heterocycles. The molecule has 144 valence electrons. The second kappa shape index (κ2) is 8.85. The van der Waals surface area contributed by atoms with Gasteiger partial charge >= 0.3 is 5.97 Å². The van der Waals surface area contributed by atoms with Gasteiger partial charge in [-0.15, -0.1) is 0 Å². The van der Waals surface area contributed by atoms with Gasteiger partial charge in [0, 0.05) is 11.8 Å². The van der Waals surface area contributed by atoms with Crippen LogP contribution in [0.5, 0.6) is 5.75 Å². The van der Waals surface area contributed by atoms with E-state index in [0.29, 0.717) is 35.4 Å². The first-order chi connectivity index (χ1) is 13.6. The normalized spacial score (nSPS) is 10.2. The minimum absolute atomic E-state index is 0.307. The molecule has 7 nitrogen and oxygen atoms in total. The lowest BCUT2D eigenvalue weighted by atomic mass is 10.2. The molecule has 0 saturated carbocycles. The first-order valence-corrected chi connectivity index (χ1v) is 8.89. The summed E-state index contributed by atoms with van der Waals surface area (Å²) in [6.07, 6.45) is 0. The Balaban J connectivity index is 1.88. The summed E-state index contributed by atoms with van der Waals surface area (Å²) in [7, 11) is 1.62. The summed E-state index contributed by atoms with van der Waals surface area (Å²) in [6.45, 7) is 3.95. The molecule has 0 radical (unpaired) electrons. The maximum absolute atomic E-state index is 12.2. The average Bonchev–Trinajstić information content (AvgIpc) is 2.68. The summed E-state index contributed by atoms with van der Waals surface area (Å²) >= 11 is 0. The van der Waals surface area contributed by atoms with Crippen molar-refractivity contribution >= 4 is 29.1 Å². The van der Waals surface area contributed by atoms with E-state index in [1.54, 1.807) is 32.2 Å². The topological polar surface area (TPSA) is 85.4 Å². The van der Waals surface area contributed by atoms with Gasteiger partial charge in [-0.05, 0) is 38.1 Å². The van der Waals surface area contributed by atoms with E-state index < -0.39 is 5.97 Å². The summed E-state index contributed by atoms with van der Waals surface area (Å²) in [5.74, 6) is 1.29. The number of rotatable bonds is 7. The van der Waals surface area contributed by atoms with Gasteiger partial charge in [0.1, 0.15) is 11.6 Å². The molecule has 0 amide bonds. The van der Waals surface area contributed by atoms with Crippen LogP contribution in [0.15, 0.2) is 54.6 Å². The Morgan fingerprint density at radius 3 is 2.46 bits per heavy atom. The minimum atomic E-state index is -0.398. The summed E-state index contributed by atoms with van der Waals surface area (Å²) in [4.78, 5) is 21.1. The molecule has 28 heavy (non-hydrogen) atoms. The maximum Gasteiger partial charge on any atom is 0.340 e. The van der Waals surface area contributed by atoms with E-state index in [9.17, 15) is 4.79 Å². The largest absolute Gasteiger partial charge is 0.495 e. The van der Waals surface area contributed by atoms with Crippen molar-refractivity contribution in [3.8, 4) is 5.75 Å². The molecule has 0 aliphatic rings. The fourth-order valence-electron chi connectivity index (χ4n) is 2.67. The summed E-state index contributed by atoms with van der Waals surface area (Å²) in [5.41, 5.74) is 2.56. The van der Waals surface area contributed by atoms with Gasteiger partial charge in [0.25, 0.3) is 0 Å². The summed E-state index contributed by atoms with van der Waals surface area (Å²) < 4.78 is 10.5. The number of anilines is 4. The standard InChI is InChI=1S/C21H22N4O3/c1-4-28-20(26)15-9-5-6-10-16(15)24-21-22-14(2)13-19(25-21)23-17-11-7-8-12-18(17)27-3/h5-13H,4H2,1-3H3,(H2,22,23,24,25). The van der Waals surface area contributed by atoms with Gasteiger partial charge in [0.05, 0.1) is 30.7 Å². The summed E-state index contributed by atoms with van der Waals surface area (Å²) in [5, 5.41) is 6.35. The maximum atomic E-state index is 12.2. The lowest BCUT2D eigenvalue weighted by Gasteiger charge is -2.13. The fourth-order valence-corrected chi connectivity index (χ4v) is 2.67. The van der Waals surface area contributed by atoms with Gasteiger partial charge in [-0.1, -0.05) is 24.3 Å². The third kappa shape index (κ3) is 4.56. The van der Waals surface area contributed by atoms with Crippen LogP contribution in [0.1, 0.15) is 23.0 Å². The zero-order valence-electron chi connectivity index (χ0n) is 16.0. The molecule has 0 atom stereocenters. The number of carbonyl (C=O) groups excluding carboxylic acids is 1. The van der Waals surface area contributed by atoms with Crippen LogP contribution in [-0.2, 0) is 4.74 Å². The number of hydrogen-bond donors (Lipinski definition) is 2. The lowest BCUT2D eigenvalue weighted by molar-refractivity contribution is 0.0527. The Kier molecular flexibility index (Phi) is 6.06. The highest BCUT2D eigenvalue weighted by Crippen LogP contribution is 2.27. The van der Waals surface area contributed by atoms with Crippen molar-refractivity contribution in [1.29, 1.82) is 0 Å². The van der Waals surface area contributed by atoms with Crippen molar-refractivity contribution in [1.82, 2.24) is 9.97 Å². The molecular weight excluding hydrogens is 356 g/mol. The van der Waals surface area contributed by atoms with Gasteiger partial charge < -0.3 is 20.1 Å². The zero-order chi connectivity index (χ0) is 19.9. The lowest BCUT2D eigenvalue weighted by Crippen LogP contribution is -2.09. The van der Waals surface area contributed by atoms with Crippen LogP contribution in [0, 0.1) is 6.92 Å². The third-order valence-electron chi connectivity index (χ3n) is 3.89. The molecule has 7 heteroatoms. The predicted octanol–water partition coefficient (Wildman–Crippen LogP) is 4.46. The molecule has 2 aromatic carbocycles. The van der Waals surface area contributed by atoms with Crippen molar-refractivity contribution in [3.63, 3.8) is 0 Å². The number of benzene rings is 2. The van der Waals surface area contributed by atoms with E-state index in [1.165, 1.54) is 0 Å². The van der Waals surface area contributed by atoms with Crippen molar-refractivity contribution in [3.05, 3.63) is 65.9 Å². The number of hydrogen-bond acceptors (Lipinski definition) is 7. The van der Waals surface area contributed by atoms with Crippen molar-refractivity contribution in [2.75, 3.05) is 24.4 Å². The number of ether oxygens (including phenoxy) is 2. The van der Waals surface area contributed by atoms with E-state index >= 15 is 0 Å². The Labute approximate surface area is 163 Å². The monoisotopic (exact) mass is 378 g/mol. The molecule has 1 heterocycles. The Hall–Kier alpha value is -3.61. The molecule has 0 spiro atoms. The number of carbonyl (C=O) groups is 1. The van der Waals surface area contributed by atoms with E-state index in [2.05, 4.69) is 20.6 Å². The average molecular weight is 378 g/mol. The van der Waals surface area contributed by atoms with E-state index in [4.69, 9.17) is 9.47 Å². The Bertz CT molecular complexity index is 975. The van der Waals surface area contributed by atoms with Crippen LogP contribution in [0.3, 0.4) is 0 Å². The second-order valence-electron chi connectivity index (χ2n) is 5.93. The fraction of sp³-hybridized carbons (Fsp3) is 0.190. The molecule has 3 aromatic rings. The van der Waals surface area contributed by atoms with E-state index in [1.807, 2.05) is 43.3 Å². The first kappa shape index (κ1) is 19.2. The molecule has 0 fully saturated rings. The number of aromatic nitrogens is 2. The van der Waals surface area contributed by atoms with E-state index in [0.717, 1.165) is 11.4 Å². The van der Waals surface area contributed by atoms with Crippen molar-refractivity contribution in [2.24, 2.45) is 0 Å². The van der Waals surface area contributed by atoms with Crippen LogP contribution in [0.4, 0.5) is 23.1 Å². The number of aryl methyl sites for hydroxylation is 1. The second-order valence-corrected chi connectivity index (χ2v) is 5.93. The van der Waals surface area contributed by atoms with Gasteiger partial charge in [-0.25, -0.2) is 9.78 Å². The Morgan fingerprint density at radius 1 is 1.00 bits per heavy atom. The highest BCUT2D eigenvalue weighted by molar-refractivity contribution is 5.96. The van der Waals surface area contributed by atoms with Crippen molar-refractivity contribution in [2.45, 2.75) is 13.8 Å². The van der Waals surface area contributed by atoms with Crippen LogP contribution in [0.2, 0.25) is 0 Å². The van der Waals surface area contributed by atoms with E-state index in [-0.39, 0.29) is 0 Å². The van der Waals surface area contributed by atoms with Crippen LogP contribution in [0.25, 0.3) is 0 Å². The quantitative estimate of drug-likeness (QED) is 0.587. The molecular formula is C21H22N4O3. The minimum Gasteiger partial charge on any atom is -0.495 e. The van der Waals surface area contributed by atoms with Crippen LogP contribution < -0.4 is 15.4 Å². The SMILES string of the molecule is CCOC(=O)c1ccccc1Nc1nc(C)cc(Nc2ccccc2OC)n1. The predicted molar refractivity (Wildman–Crippen MR) is 109 cm³/mol. The molecule has 0 unspecified atom stereocenters. The molecule has 2 N–H and O–H groups in total. The van der Waals surface area contributed by atoms with Gasteiger partial charge in [-0.2, -0.15) is 4.98 Å². The smallest absolute Gasteiger partial charge is 0.340 e. The molecule has 3 rings (SSSR count). The molecule has 1 aromatic heterocycles. The Morgan fingerprint density at radius 2 is 1.71 bits per heavy atom. The van der Waals surface area contributed by atoms with Gasteiger partial charge in [0.2, 0.25) is 5.95 Å². The number of methoxy groups -OCH3 is 1. The van der Waals surface area contributed by atoms with Gasteiger partial charge in [0.15, 0.2) is 0 Å². The summed E-state index contributed by atoms with van der Waals surface area (Å²) in [6, 6.07) is 16.5. The number of nitrogens with one attached hydrogen (secondary N) is 2. The zero-order valence-corrected chi connectivity index (χ0v) is 16.0. The number of nitrogens with zero attached hydrogens (tertiary/aromatic N) is 2. The first-order valence-electron chi connectivity index (χ1n) is 8.89. The number of para-hydroxylation sites is 3. The highest BCUT2D eigenvalue weighted by atomic mass is 16.5. The molecule has 0 bridgehead atoms. The van der Waals surface area contributed by atoms with Crippen molar-refractivity contribution < 1.29 is 14.3 Å². The molecule has 0 aliphatic carbocycles. The number of esters is 1.